The Labute approximate surface area is 128 Å². The summed E-state index contributed by atoms with van der Waals surface area (Å²) in [4.78, 5) is 11.7. The molecule has 0 bridgehead atoms. The second kappa shape index (κ2) is 6.26. The van der Waals surface area contributed by atoms with Crippen molar-refractivity contribution in [1.29, 1.82) is 0 Å². The molecule has 1 N–H and O–H groups in total. The van der Waals surface area contributed by atoms with Crippen LogP contribution in [0.25, 0.3) is 22.6 Å². The molecular weight excluding hydrogens is 276 g/mol. The summed E-state index contributed by atoms with van der Waals surface area (Å²) in [6.45, 7) is 2.51. The van der Waals surface area contributed by atoms with Crippen molar-refractivity contribution < 1.29 is 9.32 Å². The topological polar surface area (TPSA) is 55.1 Å². The fourth-order valence-electron chi connectivity index (χ4n) is 2.20. The van der Waals surface area contributed by atoms with Gasteiger partial charge in [-0.3, -0.25) is 4.79 Å². The van der Waals surface area contributed by atoms with Crippen molar-refractivity contribution in [2.45, 2.75) is 6.92 Å². The summed E-state index contributed by atoms with van der Waals surface area (Å²) < 4.78 is 5.39. The maximum Gasteiger partial charge on any atom is 0.251 e. The maximum absolute atomic E-state index is 11.7. The Morgan fingerprint density at radius 2 is 1.77 bits per heavy atom. The molecule has 1 amide bonds. The second-order valence-electron chi connectivity index (χ2n) is 4.88. The third-order valence-corrected chi connectivity index (χ3v) is 3.35. The fourth-order valence-corrected chi connectivity index (χ4v) is 2.20. The lowest BCUT2D eigenvalue weighted by Gasteiger charge is -2.02. The molecule has 0 fully saturated rings. The molecular formula is C18H16N2O2. The number of carbonyl (C=O) groups excluding carboxylic acids is 1. The highest BCUT2D eigenvalue weighted by Gasteiger charge is 2.09. The number of hydrogen-bond acceptors (Lipinski definition) is 3. The van der Waals surface area contributed by atoms with Gasteiger partial charge in [0.1, 0.15) is 5.69 Å². The predicted octanol–water partition coefficient (Wildman–Crippen LogP) is 3.76. The predicted molar refractivity (Wildman–Crippen MR) is 85.4 cm³/mol. The van der Waals surface area contributed by atoms with Crippen LogP contribution in [0, 0.1) is 0 Å². The largest absolute Gasteiger partial charge is 0.356 e. The Morgan fingerprint density at radius 3 is 2.45 bits per heavy atom. The van der Waals surface area contributed by atoms with Crippen LogP contribution < -0.4 is 5.32 Å². The third-order valence-electron chi connectivity index (χ3n) is 3.35. The Balaban J connectivity index is 1.83. The van der Waals surface area contributed by atoms with Crippen LogP contribution in [0.4, 0.5) is 0 Å². The van der Waals surface area contributed by atoms with Crippen LogP contribution in [0.15, 0.2) is 65.2 Å². The van der Waals surface area contributed by atoms with Crippen LogP contribution in [0.3, 0.4) is 0 Å². The first kappa shape index (κ1) is 14.1. The number of amides is 1. The van der Waals surface area contributed by atoms with Gasteiger partial charge in [0.25, 0.3) is 5.91 Å². The standard InChI is InChI=1S/C18H16N2O2/c1-2-19-18(21)15-10-8-13(9-11-15)16-12-17(22-20-16)14-6-4-3-5-7-14/h3-12H,2H2,1H3,(H,19,21). The van der Waals surface area contributed by atoms with E-state index >= 15 is 0 Å². The molecule has 1 heterocycles. The van der Waals surface area contributed by atoms with Crippen LogP contribution >= 0.6 is 0 Å². The molecule has 4 heteroatoms. The van der Waals surface area contributed by atoms with Crippen molar-refractivity contribution in [3.8, 4) is 22.6 Å². The zero-order valence-corrected chi connectivity index (χ0v) is 12.2. The molecule has 0 atom stereocenters. The summed E-state index contributed by atoms with van der Waals surface area (Å²) in [7, 11) is 0. The molecule has 0 radical (unpaired) electrons. The van der Waals surface area contributed by atoms with E-state index in [1.807, 2.05) is 55.5 Å². The molecule has 1 aromatic heterocycles. The summed E-state index contributed by atoms with van der Waals surface area (Å²) in [5.41, 5.74) is 3.29. The molecule has 3 aromatic rings. The van der Waals surface area contributed by atoms with Crippen molar-refractivity contribution in [1.82, 2.24) is 10.5 Å². The summed E-state index contributed by atoms with van der Waals surface area (Å²) in [6.07, 6.45) is 0. The van der Waals surface area contributed by atoms with E-state index in [0.29, 0.717) is 12.1 Å². The van der Waals surface area contributed by atoms with Gasteiger partial charge in [0.15, 0.2) is 5.76 Å². The minimum absolute atomic E-state index is 0.0702. The number of hydrogen-bond donors (Lipinski definition) is 1. The van der Waals surface area contributed by atoms with Crippen LogP contribution in [0.2, 0.25) is 0 Å². The average Bonchev–Trinajstić information content (AvgIpc) is 3.06. The van der Waals surface area contributed by atoms with E-state index in [9.17, 15) is 4.79 Å². The lowest BCUT2D eigenvalue weighted by Crippen LogP contribution is -2.22. The van der Waals surface area contributed by atoms with Crippen molar-refractivity contribution in [2.75, 3.05) is 6.54 Å². The van der Waals surface area contributed by atoms with Gasteiger partial charge in [0.2, 0.25) is 0 Å². The first-order valence-corrected chi connectivity index (χ1v) is 7.18. The molecule has 110 valence electrons. The molecule has 0 spiro atoms. The molecule has 0 aliphatic carbocycles. The van der Waals surface area contributed by atoms with Crippen molar-refractivity contribution in [3.63, 3.8) is 0 Å². The molecule has 0 saturated heterocycles. The number of rotatable bonds is 4. The molecule has 22 heavy (non-hydrogen) atoms. The highest BCUT2D eigenvalue weighted by molar-refractivity contribution is 5.94. The monoisotopic (exact) mass is 292 g/mol. The molecule has 0 saturated carbocycles. The molecule has 2 aromatic carbocycles. The normalized spacial score (nSPS) is 10.4. The van der Waals surface area contributed by atoms with E-state index in [-0.39, 0.29) is 5.91 Å². The zero-order chi connectivity index (χ0) is 15.4. The smallest absolute Gasteiger partial charge is 0.251 e. The lowest BCUT2D eigenvalue weighted by atomic mass is 10.1. The Kier molecular flexibility index (Phi) is 4.01. The quantitative estimate of drug-likeness (QED) is 0.796. The molecule has 4 nitrogen and oxygen atoms in total. The molecule has 0 aliphatic heterocycles. The number of nitrogens with one attached hydrogen (secondary N) is 1. The van der Waals surface area contributed by atoms with Gasteiger partial charge in [-0.1, -0.05) is 47.6 Å². The molecule has 0 aliphatic rings. The van der Waals surface area contributed by atoms with Gasteiger partial charge >= 0.3 is 0 Å². The SMILES string of the molecule is CCNC(=O)c1ccc(-c2cc(-c3ccccc3)on2)cc1. The highest BCUT2D eigenvalue weighted by Crippen LogP contribution is 2.25. The summed E-state index contributed by atoms with van der Waals surface area (Å²) in [6, 6.07) is 19.0. The van der Waals surface area contributed by atoms with Crippen molar-refractivity contribution in [2.24, 2.45) is 0 Å². The van der Waals surface area contributed by atoms with Crippen molar-refractivity contribution >= 4 is 5.91 Å². The van der Waals surface area contributed by atoms with E-state index in [4.69, 9.17) is 4.52 Å². The van der Waals surface area contributed by atoms with E-state index in [2.05, 4.69) is 10.5 Å². The van der Waals surface area contributed by atoms with Crippen molar-refractivity contribution in [3.05, 3.63) is 66.2 Å². The summed E-state index contributed by atoms with van der Waals surface area (Å²) in [5, 5.41) is 6.87. The first-order valence-electron chi connectivity index (χ1n) is 7.18. The molecule has 0 unspecified atom stereocenters. The number of benzene rings is 2. The molecule has 3 rings (SSSR count). The maximum atomic E-state index is 11.7. The third kappa shape index (κ3) is 2.91. The summed E-state index contributed by atoms with van der Waals surface area (Å²) in [5.74, 6) is 0.655. The van der Waals surface area contributed by atoms with Crippen LogP contribution in [-0.2, 0) is 0 Å². The highest BCUT2D eigenvalue weighted by atomic mass is 16.5. The minimum Gasteiger partial charge on any atom is -0.356 e. The number of carbonyl (C=O) groups is 1. The minimum atomic E-state index is -0.0702. The fraction of sp³-hybridized carbons (Fsp3) is 0.111. The number of nitrogens with zero attached hydrogens (tertiary/aromatic N) is 1. The van der Waals surface area contributed by atoms with Gasteiger partial charge in [-0.05, 0) is 19.1 Å². The number of aromatic nitrogens is 1. The van der Waals surface area contributed by atoms with Gasteiger partial charge < -0.3 is 9.84 Å². The van der Waals surface area contributed by atoms with Gasteiger partial charge in [-0.25, -0.2) is 0 Å². The van der Waals surface area contributed by atoms with E-state index in [0.717, 1.165) is 22.6 Å². The van der Waals surface area contributed by atoms with Gasteiger partial charge in [0, 0.05) is 29.3 Å². The van der Waals surface area contributed by atoms with E-state index in [1.165, 1.54) is 0 Å². The van der Waals surface area contributed by atoms with Gasteiger partial charge in [0.05, 0.1) is 0 Å². The lowest BCUT2D eigenvalue weighted by molar-refractivity contribution is 0.0956. The van der Waals surface area contributed by atoms with E-state index < -0.39 is 0 Å². The van der Waals surface area contributed by atoms with Gasteiger partial charge in [-0.2, -0.15) is 0 Å². The van der Waals surface area contributed by atoms with Crippen LogP contribution in [0.1, 0.15) is 17.3 Å². The second-order valence-corrected chi connectivity index (χ2v) is 4.88. The Morgan fingerprint density at radius 1 is 1.05 bits per heavy atom. The first-order chi connectivity index (χ1) is 10.8. The average molecular weight is 292 g/mol. The zero-order valence-electron chi connectivity index (χ0n) is 12.2. The Bertz CT molecular complexity index is 761. The summed E-state index contributed by atoms with van der Waals surface area (Å²) >= 11 is 0. The van der Waals surface area contributed by atoms with Gasteiger partial charge in [-0.15, -0.1) is 0 Å². The Hall–Kier alpha value is -2.88. The van der Waals surface area contributed by atoms with Crippen LogP contribution in [-0.4, -0.2) is 17.6 Å². The van der Waals surface area contributed by atoms with E-state index in [1.54, 1.807) is 12.1 Å². The van der Waals surface area contributed by atoms with Crippen LogP contribution in [0.5, 0.6) is 0 Å².